The molecule has 0 nitrogen and oxygen atoms in total. The second-order valence-electron chi connectivity index (χ2n) is 4.30. The van der Waals surface area contributed by atoms with Crippen LogP contribution in [0.1, 0.15) is 23.6 Å². The molecule has 16 heavy (non-hydrogen) atoms. The van der Waals surface area contributed by atoms with Gasteiger partial charge in [0, 0.05) is 0 Å². The molecular formula is C15H16S. The highest BCUT2D eigenvalue weighted by Gasteiger charge is 2.23. The molecule has 2 aromatic rings. The molecule has 0 N–H and O–H groups in total. The first kappa shape index (κ1) is 11.3. The van der Waals surface area contributed by atoms with Crippen LogP contribution in [-0.4, -0.2) is 0 Å². The van der Waals surface area contributed by atoms with Crippen LogP contribution in [0, 0.1) is 6.92 Å². The summed E-state index contributed by atoms with van der Waals surface area (Å²) in [7, 11) is 0. The maximum absolute atomic E-state index is 4.80. The van der Waals surface area contributed by atoms with Crippen LogP contribution < -0.4 is 0 Å². The number of thiol groups is 1. The minimum absolute atomic E-state index is 0.227. The van der Waals surface area contributed by atoms with Gasteiger partial charge in [0.2, 0.25) is 0 Å². The van der Waals surface area contributed by atoms with Crippen molar-refractivity contribution in [2.24, 2.45) is 0 Å². The van der Waals surface area contributed by atoms with Crippen molar-refractivity contribution in [3.8, 4) is 0 Å². The smallest absolute Gasteiger partial charge is 0.0598 e. The summed E-state index contributed by atoms with van der Waals surface area (Å²) in [6.45, 7) is 4.23. The Bertz CT molecular complexity index is 455. The quantitative estimate of drug-likeness (QED) is 0.732. The first-order chi connectivity index (χ1) is 7.60. The van der Waals surface area contributed by atoms with Crippen molar-refractivity contribution in [3.05, 3.63) is 71.3 Å². The summed E-state index contributed by atoms with van der Waals surface area (Å²) in [5, 5.41) is 0. The average Bonchev–Trinajstić information content (AvgIpc) is 2.31. The van der Waals surface area contributed by atoms with E-state index in [1.807, 2.05) is 6.07 Å². The van der Waals surface area contributed by atoms with E-state index >= 15 is 0 Å². The van der Waals surface area contributed by atoms with Crippen molar-refractivity contribution in [3.63, 3.8) is 0 Å². The summed E-state index contributed by atoms with van der Waals surface area (Å²) in [6.07, 6.45) is 0. The van der Waals surface area contributed by atoms with E-state index in [1.54, 1.807) is 0 Å². The van der Waals surface area contributed by atoms with E-state index < -0.39 is 0 Å². The summed E-state index contributed by atoms with van der Waals surface area (Å²) < 4.78 is -0.227. The Kier molecular flexibility index (Phi) is 3.06. The van der Waals surface area contributed by atoms with Crippen molar-refractivity contribution in [2.75, 3.05) is 0 Å². The summed E-state index contributed by atoms with van der Waals surface area (Å²) in [4.78, 5) is 0. The molecule has 1 heteroatoms. The van der Waals surface area contributed by atoms with Gasteiger partial charge < -0.3 is 0 Å². The SMILES string of the molecule is Cc1ccc([C@@](C)(S)c2ccccc2)cc1. The van der Waals surface area contributed by atoms with Crippen LogP contribution >= 0.6 is 12.6 Å². The second kappa shape index (κ2) is 4.34. The normalized spacial score (nSPS) is 14.4. The van der Waals surface area contributed by atoms with E-state index in [4.69, 9.17) is 12.6 Å². The van der Waals surface area contributed by atoms with Gasteiger partial charge in [-0.2, -0.15) is 12.6 Å². The highest BCUT2D eigenvalue weighted by atomic mass is 32.1. The van der Waals surface area contributed by atoms with Gasteiger partial charge in [-0.05, 0) is 25.0 Å². The third-order valence-electron chi connectivity index (χ3n) is 2.95. The lowest BCUT2D eigenvalue weighted by Gasteiger charge is -2.25. The Morgan fingerprint density at radius 1 is 0.812 bits per heavy atom. The standard InChI is InChI=1S/C15H16S/c1-12-8-10-14(11-9-12)15(2,16)13-6-4-3-5-7-13/h3-11,16H,1-2H3/t15-/m0/s1. The molecule has 0 spiro atoms. The lowest BCUT2D eigenvalue weighted by molar-refractivity contribution is 0.847. The van der Waals surface area contributed by atoms with Crippen molar-refractivity contribution in [1.29, 1.82) is 0 Å². The van der Waals surface area contributed by atoms with Crippen molar-refractivity contribution in [2.45, 2.75) is 18.6 Å². The Morgan fingerprint density at radius 3 is 1.88 bits per heavy atom. The van der Waals surface area contributed by atoms with E-state index in [0.717, 1.165) is 0 Å². The summed E-state index contributed by atoms with van der Waals surface area (Å²) >= 11 is 4.80. The van der Waals surface area contributed by atoms with Gasteiger partial charge in [-0.15, -0.1) is 0 Å². The van der Waals surface area contributed by atoms with E-state index in [-0.39, 0.29) is 4.75 Å². The fourth-order valence-electron chi connectivity index (χ4n) is 1.81. The molecule has 0 aliphatic heterocycles. The minimum atomic E-state index is -0.227. The predicted molar refractivity (Wildman–Crippen MR) is 73.1 cm³/mol. The second-order valence-corrected chi connectivity index (χ2v) is 5.20. The van der Waals surface area contributed by atoms with Gasteiger partial charge in [-0.25, -0.2) is 0 Å². The summed E-state index contributed by atoms with van der Waals surface area (Å²) in [6, 6.07) is 18.9. The van der Waals surface area contributed by atoms with Gasteiger partial charge in [0.15, 0.2) is 0 Å². The lowest BCUT2D eigenvalue weighted by atomic mass is 9.91. The minimum Gasteiger partial charge on any atom is -0.163 e. The maximum Gasteiger partial charge on any atom is 0.0598 e. The third kappa shape index (κ3) is 2.14. The maximum atomic E-state index is 4.80. The van der Waals surface area contributed by atoms with E-state index in [0.29, 0.717) is 0 Å². The molecule has 0 amide bonds. The van der Waals surface area contributed by atoms with Crippen molar-refractivity contribution >= 4 is 12.6 Å². The summed E-state index contributed by atoms with van der Waals surface area (Å²) in [5.41, 5.74) is 3.73. The van der Waals surface area contributed by atoms with E-state index in [9.17, 15) is 0 Å². The van der Waals surface area contributed by atoms with Gasteiger partial charge in [0.05, 0.1) is 4.75 Å². The molecule has 0 fully saturated rings. The van der Waals surface area contributed by atoms with E-state index in [2.05, 4.69) is 62.4 Å². The fourth-order valence-corrected chi connectivity index (χ4v) is 2.11. The zero-order valence-electron chi connectivity index (χ0n) is 9.64. The fraction of sp³-hybridized carbons (Fsp3) is 0.200. The molecule has 0 radical (unpaired) electrons. The van der Waals surface area contributed by atoms with Crippen LogP contribution in [0.3, 0.4) is 0 Å². The lowest BCUT2D eigenvalue weighted by Crippen LogP contribution is -2.15. The first-order valence-corrected chi connectivity index (χ1v) is 5.90. The average molecular weight is 228 g/mol. The molecule has 0 saturated heterocycles. The number of aryl methyl sites for hydroxylation is 1. The van der Waals surface area contributed by atoms with Gasteiger partial charge >= 0.3 is 0 Å². The van der Waals surface area contributed by atoms with Crippen LogP contribution in [0.2, 0.25) is 0 Å². The Morgan fingerprint density at radius 2 is 1.31 bits per heavy atom. The molecule has 0 saturated carbocycles. The number of hydrogen-bond acceptors (Lipinski definition) is 1. The Labute approximate surface area is 103 Å². The zero-order valence-corrected chi connectivity index (χ0v) is 10.5. The number of rotatable bonds is 2. The molecule has 0 aromatic heterocycles. The zero-order chi connectivity index (χ0) is 11.6. The van der Waals surface area contributed by atoms with Crippen LogP contribution in [0.15, 0.2) is 54.6 Å². The van der Waals surface area contributed by atoms with Crippen LogP contribution in [0.25, 0.3) is 0 Å². The highest BCUT2D eigenvalue weighted by Crippen LogP contribution is 2.35. The van der Waals surface area contributed by atoms with Crippen LogP contribution in [0.4, 0.5) is 0 Å². The molecule has 2 aromatic carbocycles. The Balaban J connectivity index is 2.43. The topological polar surface area (TPSA) is 0 Å². The van der Waals surface area contributed by atoms with Crippen LogP contribution in [-0.2, 0) is 4.75 Å². The molecule has 2 rings (SSSR count). The van der Waals surface area contributed by atoms with Gasteiger partial charge in [0.1, 0.15) is 0 Å². The van der Waals surface area contributed by atoms with Crippen molar-refractivity contribution in [1.82, 2.24) is 0 Å². The van der Waals surface area contributed by atoms with Gasteiger partial charge in [-0.1, -0.05) is 60.2 Å². The molecular weight excluding hydrogens is 212 g/mol. The molecule has 82 valence electrons. The van der Waals surface area contributed by atoms with Gasteiger partial charge in [0.25, 0.3) is 0 Å². The Hall–Kier alpha value is -1.21. The highest BCUT2D eigenvalue weighted by molar-refractivity contribution is 7.81. The summed E-state index contributed by atoms with van der Waals surface area (Å²) in [5.74, 6) is 0. The molecule has 0 aliphatic rings. The van der Waals surface area contributed by atoms with Crippen LogP contribution in [0.5, 0.6) is 0 Å². The molecule has 1 atom stereocenters. The first-order valence-electron chi connectivity index (χ1n) is 5.46. The van der Waals surface area contributed by atoms with Crippen molar-refractivity contribution < 1.29 is 0 Å². The molecule has 0 aliphatic carbocycles. The monoisotopic (exact) mass is 228 g/mol. The predicted octanol–water partition coefficient (Wildman–Crippen LogP) is 4.19. The largest absolute Gasteiger partial charge is 0.163 e. The third-order valence-corrected chi connectivity index (χ3v) is 3.47. The number of hydrogen-bond donors (Lipinski definition) is 1. The number of benzene rings is 2. The molecule has 0 heterocycles. The van der Waals surface area contributed by atoms with Gasteiger partial charge in [-0.3, -0.25) is 0 Å². The molecule has 0 bridgehead atoms. The van der Waals surface area contributed by atoms with E-state index in [1.165, 1.54) is 16.7 Å². The molecule has 0 unspecified atom stereocenters.